The highest BCUT2D eigenvalue weighted by atomic mass is 16.5. The lowest BCUT2D eigenvalue weighted by Gasteiger charge is -2.33. The molecular weight excluding hydrogens is 861 g/mol. The zero-order valence-corrected chi connectivity index (χ0v) is 47.0. The summed E-state index contributed by atoms with van der Waals surface area (Å²) in [7, 11) is 4.22. The standard InChI is InChI=1S/C60H114N2O7/c1-9-15-41-54(42-16-10-2)67-58(64)48-35-29-23-21-26-32-39-53(40-33-27-22-24-30-36-49-59(65)68-55(43-17-11-3)44-18-12-4)62(52-38-51-61(7)8)57(63)47-34-28-25-31-37-50-60(66)69-56(45-19-13-5)46-20-14-6/h41,53,55-56H,9-40,42-52H2,1-8H3/b54-41+/t53-/m0/s1. The molecule has 1 amide bonds. The molecule has 0 fully saturated rings. The first-order valence-electron chi connectivity index (χ1n) is 29.8. The first-order valence-corrected chi connectivity index (χ1v) is 29.8. The molecule has 0 saturated carbocycles. The van der Waals surface area contributed by atoms with Crippen molar-refractivity contribution in [2.75, 3.05) is 27.2 Å². The van der Waals surface area contributed by atoms with Crippen LogP contribution in [0.25, 0.3) is 0 Å². The Labute approximate surface area is 427 Å². The fraction of sp³-hybridized carbons (Fsp3) is 0.900. The molecule has 0 aliphatic heterocycles. The number of ether oxygens (including phenoxy) is 3. The molecule has 0 bridgehead atoms. The van der Waals surface area contributed by atoms with E-state index in [9.17, 15) is 19.2 Å². The van der Waals surface area contributed by atoms with Gasteiger partial charge >= 0.3 is 17.9 Å². The first kappa shape index (κ1) is 66.6. The summed E-state index contributed by atoms with van der Waals surface area (Å²) in [4.78, 5) is 56.5. The zero-order valence-electron chi connectivity index (χ0n) is 47.0. The van der Waals surface area contributed by atoms with Crippen molar-refractivity contribution in [3.63, 3.8) is 0 Å². The number of hydrogen-bond donors (Lipinski definition) is 0. The van der Waals surface area contributed by atoms with E-state index >= 15 is 0 Å². The van der Waals surface area contributed by atoms with Crippen LogP contribution in [0.5, 0.6) is 0 Å². The molecule has 0 aromatic carbocycles. The number of amides is 1. The van der Waals surface area contributed by atoms with E-state index in [1.807, 2.05) is 0 Å². The van der Waals surface area contributed by atoms with Gasteiger partial charge in [0.1, 0.15) is 18.0 Å². The number of esters is 3. The van der Waals surface area contributed by atoms with Crippen LogP contribution in [0.15, 0.2) is 11.8 Å². The highest BCUT2D eigenvalue weighted by Crippen LogP contribution is 2.23. The monoisotopic (exact) mass is 975 g/mol. The van der Waals surface area contributed by atoms with Gasteiger partial charge in [-0.15, -0.1) is 0 Å². The van der Waals surface area contributed by atoms with Crippen molar-refractivity contribution < 1.29 is 33.4 Å². The van der Waals surface area contributed by atoms with Crippen LogP contribution in [0, 0.1) is 0 Å². The molecule has 69 heavy (non-hydrogen) atoms. The van der Waals surface area contributed by atoms with Crippen LogP contribution < -0.4 is 0 Å². The summed E-state index contributed by atoms with van der Waals surface area (Å²) in [6.07, 6.45) is 43.0. The van der Waals surface area contributed by atoms with Crippen LogP contribution in [0.2, 0.25) is 0 Å². The second kappa shape index (κ2) is 49.2. The number of unbranched alkanes of at least 4 members (excludes halogenated alkanes) is 20. The molecule has 0 aromatic rings. The molecule has 0 N–H and O–H groups in total. The molecule has 0 aliphatic rings. The first-order chi connectivity index (χ1) is 33.5. The molecule has 0 heterocycles. The minimum absolute atomic E-state index is 0.0215. The normalized spacial score (nSPS) is 12.3. The Morgan fingerprint density at radius 1 is 0.391 bits per heavy atom. The van der Waals surface area contributed by atoms with E-state index in [1.54, 1.807) is 0 Å². The molecule has 0 aromatic heterocycles. The number of nitrogens with zero attached hydrogens (tertiary/aromatic N) is 2. The highest BCUT2D eigenvalue weighted by molar-refractivity contribution is 5.76. The van der Waals surface area contributed by atoms with Gasteiger partial charge in [-0.2, -0.15) is 0 Å². The Balaban J connectivity index is 5.27. The van der Waals surface area contributed by atoms with Gasteiger partial charge in [-0.05, 0) is 110 Å². The lowest BCUT2D eigenvalue weighted by atomic mass is 9.97. The van der Waals surface area contributed by atoms with Gasteiger partial charge in [0.25, 0.3) is 0 Å². The Hall–Kier alpha value is -2.42. The maximum atomic E-state index is 14.1. The average Bonchev–Trinajstić information content (AvgIpc) is 3.33. The van der Waals surface area contributed by atoms with Crippen molar-refractivity contribution in [2.24, 2.45) is 0 Å². The number of hydrogen-bond acceptors (Lipinski definition) is 8. The highest BCUT2D eigenvalue weighted by Gasteiger charge is 2.23. The SMILES string of the molecule is CCC/C=C(\CCCC)OC(=O)CCCCCCCC[C@@H](CCCCCCCCC(=O)OC(CCCC)CCCC)N(CCCN(C)C)C(=O)CCCCCCCC(=O)OC(CCCC)CCCC. The van der Waals surface area contributed by atoms with Crippen molar-refractivity contribution in [3.8, 4) is 0 Å². The molecule has 9 heteroatoms. The summed E-state index contributed by atoms with van der Waals surface area (Å²) in [6, 6.07) is 0.254. The quantitative estimate of drug-likeness (QED) is 0.0257. The van der Waals surface area contributed by atoms with Gasteiger partial charge in [0, 0.05) is 44.7 Å². The molecule has 9 nitrogen and oxygen atoms in total. The van der Waals surface area contributed by atoms with Crippen molar-refractivity contribution in [1.82, 2.24) is 9.80 Å². The second-order valence-corrected chi connectivity index (χ2v) is 20.8. The van der Waals surface area contributed by atoms with Crippen LogP contribution in [0.3, 0.4) is 0 Å². The van der Waals surface area contributed by atoms with E-state index in [-0.39, 0.29) is 36.2 Å². The van der Waals surface area contributed by atoms with E-state index in [4.69, 9.17) is 14.2 Å². The zero-order chi connectivity index (χ0) is 51.0. The summed E-state index contributed by atoms with van der Waals surface area (Å²) < 4.78 is 17.5. The smallest absolute Gasteiger partial charge is 0.310 e. The van der Waals surface area contributed by atoms with Gasteiger partial charge in [-0.25, -0.2) is 0 Å². The number of carbonyl (C=O) groups excluding carboxylic acids is 4. The van der Waals surface area contributed by atoms with E-state index in [1.165, 1.54) is 0 Å². The van der Waals surface area contributed by atoms with Crippen LogP contribution in [-0.4, -0.2) is 79.0 Å². The summed E-state index contributed by atoms with van der Waals surface area (Å²) in [5.41, 5.74) is 0. The van der Waals surface area contributed by atoms with Crippen LogP contribution in [0.1, 0.15) is 305 Å². The van der Waals surface area contributed by atoms with Gasteiger partial charge in [-0.1, -0.05) is 189 Å². The fourth-order valence-electron chi connectivity index (χ4n) is 9.25. The van der Waals surface area contributed by atoms with Gasteiger partial charge in [0.2, 0.25) is 5.91 Å². The number of rotatable bonds is 51. The molecule has 1 atom stereocenters. The Morgan fingerprint density at radius 2 is 0.783 bits per heavy atom. The number of carbonyl (C=O) groups is 4. The molecule has 0 spiro atoms. The average molecular weight is 976 g/mol. The van der Waals surface area contributed by atoms with E-state index in [2.05, 4.69) is 71.5 Å². The van der Waals surface area contributed by atoms with Gasteiger partial charge in [-0.3, -0.25) is 19.2 Å². The summed E-state index contributed by atoms with van der Waals surface area (Å²) in [6.45, 7) is 14.8. The van der Waals surface area contributed by atoms with Crippen LogP contribution in [-0.2, 0) is 33.4 Å². The fourth-order valence-corrected chi connectivity index (χ4v) is 9.25. The molecular formula is C60H114N2O7. The van der Waals surface area contributed by atoms with E-state index < -0.39 is 0 Å². The Morgan fingerprint density at radius 3 is 1.19 bits per heavy atom. The predicted molar refractivity (Wildman–Crippen MR) is 291 cm³/mol. The minimum Gasteiger partial charge on any atom is -0.462 e. The van der Waals surface area contributed by atoms with Crippen LogP contribution in [0.4, 0.5) is 0 Å². The maximum Gasteiger partial charge on any atom is 0.310 e. The molecule has 0 saturated heterocycles. The van der Waals surface area contributed by atoms with Crippen molar-refractivity contribution in [1.29, 1.82) is 0 Å². The van der Waals surface area contributed by atoms with E-state index in [0.717, 1.165) is 256 Å². The summed E-state index contributed by atoms with van der Waals surface area (Å²) in [5.74, 6) is 1.01. The third kappa shape index (κ3) is 41.9. The van der Waals surface area contributed by atoms with Crippen molar-refractivity contribution >= 4 is 23.8 Å². The van der Waals surface area contributed by atoms with E-state index in [0.29, 0.717) is 31.6 Å². The summed E-state index contributed by atoms with van der Waals surface area (Å²) >= 11 is 0. The van der Waals surface area contributed by atoms with Crippen molar-refractivity contribution in [2.45, 2.75) is 323 Å². The molecule has 0 radical (unpaired) electrons. The third-order valence-corrected chi connectivity index (χ3v) is 13.7. The molecule has 0 aliphatic carbocycles. The molecule has 406 valence electrons. The minimum atomic E-state index is -0.0880. The molecule has 0 unspecified atom stereocenters. The largest absolute Gasteiger partial charge is 0.462 e. The Bertz CT molecular complexity index is 1220. The van der Waals surface area contributed by atoms with Crippen LogP contribution >= 0.6 is 0 Å². The number of allylic oxidation sites excluding steroid dienone is 2. The van der Waals surface area contributed by atoms with Gasteiger partial charge in [0.05, 0.1) is 0 Å². The predicted octanol–water partition coefficient (Wildman–Crippen LogP) is 17.1. The topological polar surface area (TPSA) is 102 Å². The van der Waals surface area contributed by atoms with Crippen molar-refractivity contribution in [3.05, 3.63) is 11.8 Å². The third-order valence-electron chi connectivity index (χ3n) is 13.7. The maximum absolute atomic E-state index is 14.1. The Kier molecular flexibility index (Phi) is 47.4. The lowest BCUT2D eigenvalue weighted by Crippen LogP contribution is -2.41. The molecule has 0 rings (SSSR count). The lowest BCUT2D eigenvalue weighted by molar-refractivity contribution is -0.151. The van der Waals surface area contributed by atoms with Gasteiger partial charge < -0.3 is 24.0 Å². The van der Waals surface area contributed by atoms with Gasteiger partial charge in [0.15, 0.2) is 0 Å². The summed E-state index contributed by atoms with van der Waals surface area (Å²) in [5, 5.41) is 0. The second-order valence-electron chi connectivity index (χ2n) is 20.8.